The summed E-state index contributed by atoms with van der Waals surface area (Å²) in [4.78, 5) is 0. The second-order valence-corrected chi connectivity index (χ2v) is 2.88. The third-order valence-corrected chi connectivity index (χ3v) is 1.79. The van der Waals surface area contributed by atoms with E-state index in [4.69, 9.17) is 4.74 Å². The first-order valence-electron chi connectivity index (χ1n) is 4.00. The van der Waals surface area contributed by atoms with Gasteiger partial charge < -0.3 is 4.74 Å². The van der Waals surface area contributed by atoms with E-state index >= 15 is 0 Å². The Bertz CT molecular complexity index is 256. The number of ether oxygens (including phenoxy) is 1. The van der Waals surface area contributed by atoms with E-state index in [2.05, 4.69) is 19.2 Å². The van der Waals surface area contributed by atoms with Crippen LogP contribution in [0.4, 0.5) is 0 Å². The molecule has 1 aliphatic carbocycles. The monoisotopic (exact) mass is 162 g/mol. The number of rotatable bonds is 3. The fraction of sp³-hybridized carbons (Fsp3) is 0.273. The summed E-state index contributed by atoms with van der Waals surface area (Å²) >= 11 is 0. The predicted molar refractivity (Wildman–Crippen MR) is 51.7 cm³/mol. The molecule has 12 heavy (non-hydrogen) atoms. The van der Waals surface area contributed by atoms with E-state index in [0.29, 0.717) is 0 Å². The van der Waals surface area contributed by atoms with E-state index in [9.17, 15) is 0 Å². The highest BCUT2D eigenvalue weighted by atomic mass is 16.5. The number of allylic oxidation sites excluding steroid dienone is 5. The molecular formula is C11H14O. The lowest BCUT2D eigenvalue weighted by Gasteiger charge is -2.13. The van der Waals surface area contributed by atoms with Gasteiger partial charge in [-0.3, -0.25) is 0 Å². The van der Waals surface area contributed by atoms with Crippen molar-refractivity contribution < 1.29 is 4.74 Å². The van der Waals surface area contributed by atoms with Gasteiger partial charge in [-0.25, -0.2) is 0 Å². The van der Waals surface area contributed by atoms with E-state index in [1.54, 1.807) is 7.11 Å². The molecule has 64 valence electrons. The SMILES string of the molecule is C=CCC1=CC(OC)=CC(=C)C1. The van der Waals surface area contributed by atoms with Crippen LogP contribution in [0.5, 0.6) is 0 Å². The molecule has 0 aromatic carbocycles. The summed E-state index contributed by atoms with van der Waals surface area (Å²) in [6, 6.07) is 0. The summed E-state index contributed by atoms with van der Waals surface area (Å²) in [5.41, 5.74) is 2.42. The van der Waals surface area contributed by atoms with Crippen LogP contribution in [0.15, 0.2) is 48.3 Å². The van der Waals surface area contributed by atoms with Gasteiger partial charge in [-0.2, -0.15) is 0 Å². The smallest absolute Gasteiger partial charge is 0.119 e. The van der Waals surface area contributed by atoms with E-state index in [1.165, 1.54) is 5.57 Å². The molecule has 0 fully saturated rings. The lowest BCUT2D eigenvalue weighted by Crippen LogP contribution is -1.95. The summed E-state index contributed by atoms with van der Waals surface area (Å²) < 4.78 is 5.13. The van der Waals surface area contributed by atoms with Gasteiger partial charge in [0.25, 0.3) is 0 Å². The van der Waals surface area contributed by atoms with Gasteiger partial charge in [0.05, 0.1) is 7.11 Å². The van der Waals surface area contributed by atoms with Crippen LogP contribution in [0, 0.1) is 0 Å². The first-order valence-corrected chi connectivity index (χ1v) is 4.00. The molecule has 1 nitrogen and oxygen atoms in total. The zero-order chi connectivity index (χ0) is 8.97. The van der Waals surface area contributed by atoms with Crippen molar-refractivity contribution in [1.29, 1.82) is 0 Å². The zero-order valence-electron chi connectivity index (χ0n) is 7.47. The minimum atomic E-state index is 0.892. The summed E-state index contributed by atoms with van der Waals surface area (Å²) in [7, 11) is 1.67. The molecule has 0 radical (unpaired) electrons. The first kappa shape index (κ1) is 8.85. The maximum atomic E-state index is 5.13. The minimum Gasteiger partial charge on any atom is -0.497 e. The van der Waals surface area contributed by atoms with E-state index in [-0.39, 0.29) is 0 Å². The zero-order valence-corrected chi connectivity index (χ0v) is 7.47. The van der Waals surface area contributed by atoms with Gasteiger partial charge in [0, 0.05) is 0 Å². The maximum Gasteiger partial charge on any atom is 0.119 e. The van der Waals surface area contributed by atoms with Crippen LogP contribution in [0.25, 0.3) is 0 Å². The van der Waals surface area contributed by atoms with Crippen molar-refractivity contribution >= 4 is 0 Å². The molecule has 0 saturated carbocycles. The van der Waals surface area contributed by atoms with Crippen LogP contribution in [-0.2, 0) is 4.74 Å². The van der Waals surface area contributed by atoms with Crippen molar-refractivity contribution in [3.63, 3.8) is 0 Å². The minimum absolute atomic E-state index is 0.892. The van der Waals surface area contributed by atoms with Crippen molar-refractivity contribution in [2.24, 2.45) is 0 Å². The Morgan fingerprint density at radius 2 is 2.33 bits per heavy atom. The molecular weight excluding hydrogens is 148 g/mol. The van der Waals surface area contributed by atoms with Crippen LogP contribution < -0.4 is 0 Å². The normalized spacial score (nSPS) is 16.6. The predicted octanol–water partition coefficient (Wildman–Crippen LogP) is 2.98. The molecule has 0 amide bonds. The Balaban J connectivity index is 2.77. The van der Waals surface area contributed by atoms with Crippen molar-refractivity contribution in [1.82, 2.24) is 0 Å². The standard InChI is InChI=1S/C11H14O/c1-4-5-10-6-9(2)7-11(8-10)12-3/h4,7-8H,1-2,5-6H2,3H3. The third kappa shape index (κ3) is 2.12. The van der Waals surface area contributed by atoms with Crippen molar-refractivity contribution in [3.05, 3.63) is 48.3 Å². The summed E-state index contributed by atoms with van der Waals surface area (Å²) in [5, 5.41) is 0. The quantitative estimate of drug-likeness (QED) is 0.580. The molecule has 0 atom stereocenters. The molecule has 0 aliphatic heterocycles. The Hall–Kier alpha value is -1.24. The Labute approximate surface area is 73.7 Å². The molecule has 1 aliphatic rings. The Morgan fingerprint density at radius 1 is 1.58 bits per heavy atom. The van der Waals surface area contributed by atoms with Crippen LogP contribution in [0.1, 0.15) is 12.8 Å². The molecule has 1 rings (SSSR count). The summed E-state index contributed by atoms with van der Waals surface area (Å²) in [5.74, 6) is 0.892. The lowest BCUT2D eigenvalue weighted by atomic mass is 9.98. The van der Waals surface area contributed by atoms with E-state index in [0.717, 1.165) is 24.2 Å². The van der Waals surface area contributed by atoms with Crippen molar-refractivity contribution in [3.8, 4) is 0 Å². The van der Waals surface area contributed by atoms with E-state index < -0.39 is 0 Å². The van der Waals surface area contributed by atoms with Gasteiger partial charge in [0.1, 0.15) is 5.76 Å². The average molecular weight is 162 g/mol. The molecule has 0 unspecified atom stereocenters. The lowest BCUT2D eigenvalue weighted by molar-refractivity contribution is 0.305. The van der Waals surface area contributed by atoms with Crippen molar-refractivity contribution in [2.75, 3.05) is 7.11 Å². The second kappa shape index (κ2) is 3.96. The number of methoxy groups -OCH3 is 1. The summed E-state index contributed by atoms with van der Waals surface area (Å²) in [6.07, 6.45) is 7.78. The molecule has 0 aromatic rings. The van der Waals surface area contributed by atoms with E-state index in [1.807, 2.05) is 12.2 Å². The van der Waals surface area contributed by atoms with Gasteiger partial charge in [-0.05, 0) is 30.6 Å². The van der Waals surface area contributed by atoms with Crippen LogP contribution in [0.3, 0.4) is 0 Å². The molecule has 0 N–H and O–H groups in total. The van der Waals surface area contributed by atoms with Gasteiger partial charge >= 0.3 is 0 Å². The molecule has 1 heteroatoms. The Morgan fingerprint density at radius 3 is 2.92 bits per heavy atom. The third-order valence-electron chi connectivity index (χ3n) is 1.79. The van der Waals surface area contributed by atoms with Gasteiger partial charge in [0.2, 0.25) is 0 Å². The Kier molecular flexibility index (Phi) is 2.92. The highest BCUT2D eigenvalue weighted by Gasteiger charge is 2.06. The fourth-order valence-corrected chi connectivity index (χ4v) is 1.27. The van der Waals surface area contributed by atoms with Crippen LogP contribution >= 0.6 is 0 Å². The van der Waals surface area contributed by atoms with Crippen LogP contribution in [0.2, 0.25) is 0 Å². The maximum absolute atomic E-state index is 5.13. The molecule has 0 aromatic heterocycles. The summed E-state index contributed by atoms with van der Waals surface area (Å²) in [6.45, 7) is 7.61. The molecule has 0 heterocycles. The van der Waals surface area contributed by atoms with Gasteiger partial charge in [-0.1, -0.05) is 18.2 Å². The van der Waals surface area contributed by atoms with Gasteiger partial charge in [0.15, 0.2) is 0 Å². The van der Waals surface area contributed by atoms with Crippen molar-refractivity contribution in [2.45, 2.75) is 12.8 Å². The first-order chi connectivity index (χ1) is 5.76. The molecule has 0 saturated heterocycles. The largest absolute Gasteiger partial charge is 0.497 e. The number of hydrogen-bond donors (Lipinski definition) is 0. The average Bonchev–Trinajstić information content (AvgIpc) is 2.04. The number of hydrogen-bond acceptors (Lipinski definition) is 1. The fourth-order valence-electron chi connectivity index (χ4n) is 1.27. The molecule has 0 bridgehead atoms. The second-order valence-electron chi connectivity index (χ2n) is 2.88. The van der Waals surface area contributed by atoms with Gasteiger partial charge in [-0.15, -0.1) is 6.58 Å². The highest BCUT2D eigenvalue weighted by Crippen LogP contribution is 2.23. The van der Waals surface area contributed by atoms with Crippen LogP contribution in [-0.4, -0.2) is 7.11 Å². The topological polar surface area (TPSA) is 9.23 Å². The molecule has 0 spiro atoms. The highest BCUT2D eigenvalue weighted by molar-refractivity contribution is 5.37.